The molecule has 0 rings (SSSR count). The Balaban J connectivity index is 4.09. The van der Waals surface area contributed by atoms with Crippen molar-refractivity contribution in [2.45, 2.75) is 6.92 Å². The summed E-state index contributed by atoms with van der Waals surface area (Å²) in [6.07, 6.45) is 1.86. The summed E-state index contributed by atoms with van der Waals surface area (Å²) in [7, 11) is 0. The summed E-state index contributed by atoms with van der Waals surface area (Å²) in [4.78, 5) is 12.9. The number of nitrogens with two attached hydrogens (primary N) is 1. The summed E-state index contributed by atoms with van der Waals surface area (Å²) >= 11 is 1.45. The van der Waals surface area contributed by atoms with Gasteiger partial charge in [0.25, 0.3) is 0 Å². The van der Waals surface area contributed by atoms with Crippen LogP contribution < -0.4 is 5.73 Å². The molecule has 0 saturated carbocycles. The van der Waals surface area contributed by atoms with E-state index in [1.807, 2.05) is 13.2 Å². The Bertz CT molecular complexity index is 196. The Morgan fingerprint density at radius 3 is 2.69 bits per heavy atom. The standard InChI is InChI=1S/C7H15N3O2S/c1-3-10(4-6(8)9-12)7(11)5-13-2/h12H,3-5H2,1-2H3,(H2,8,9). The molecule has 0 fully saturated rings. The van der Waals surface area contributed by atoms with Crippen LogP contribution in [0.5, 0.6) is 0 Å². The second kappa shape index (κ2) is 6.59. The molecule has 0 radical (unpaired) electrons. The van der Waals surface area contributed by atoms with Gasteiger partial charge in [0, 0.05) is 6.54 Å². The lowest BCUT2D eigenvalue weighted by atomic mass is 10.4. The number of rotatable bonds is 5. The van der Waals surface area contributed by atoms with Crippen molar-refractivity contribution in [2.24, 2.45) is 10.9 Å². The van der Waals surface area contributed by atoms with Gasteiger partial charge in [0.15, 0.2) is 5.84 Å². The van der Waals surface area contributed by atoms with E-state index in [-0.39, 0.29) is 18.3 Å². The lowest BCUT2D eigenvalue weighted by Crippen LogP contribution is -2.39. The van der Waals surface area contributed by atoms with Gasteiger partial charge in [-0.25, -0.2) is 0 Å². The van der Waals surface area contributed by atoms with Crippen LogP contribution in [-0.4, -0.2) is 46.9 Å². The van der Waals surface area contributed by atoms with Crippen LogP contribution in [-0.2, 0) is 4.79 Å². The Morgan fingerprint density at radius 1 is 1.69 bits per heavy atom. The highest BCUT2D eigenvalue weighted by Crippen LogP contribution is 1.97. The molecule has 6 heteroatoms. The monoisotopic (exact) mass is 205 g/mol. The third-order valence-corrected chi connectivity index (χ3v) is 2.02. The Hall–Kier alpha value is -0.910. The Kier molecular flexibility index (Phi) is 6.13. The minimum absolute atomic E-state index is 0.00148. The third kappa shape index (κ3) is 4.62. The first-order valence-electron chi connectivity index (χ1n) is 3.88. The number of amidine groups is 1. The van der Waals surface area contributed by atoms with E-state index in [9.17, 15) is 4.79 Å². The molecule has 0 aliphatic carbocycles. The number of hydrogen-bond acceptors (Lipinski definition) is 4. The van der Waals surface area contributed by atoms with Crippen LogP contribution in [0, 0.1) is 0 Å². The van der Waals surface area contributed by atoms with Crippen molar-refractivity contribution in [1.29, 1.82) is 0 Å². The van der Waals surface area contributed by atoms with E-state index in [2.05, 4.69) is 5.16 Å². The van der Waals surface area contributed by atoms with E-state index < -0.39 is 0 Å². The summed E-state index contributed by atoms with van der Waals surface area (Å²) < 4.78 is 0. The second-order valence-corrected chi connectivity index (χ2v) is 3.30. The van der Waals surface area contributed by atoms with Crippen molar-refractivity contribution in [1.82, 2.24) is 4.90 Å². The largest absolute Gasteiger partial charge is 0.409 e. The SMILES string of the molecule is CCN(CC(N)=NO)C(=O)CSC. The lowest BCUT2D eigenvalue weighted by Gasteiger charge is -2.19. The maximum atomic E-state index is 11.3. The first-order valence-corrected chi connectivity index (χ1v) is 5.28. The van der Waals surface area contributed by atoms with Crippen LogP contribution in [0.15, 0.2) is 5.16 Å². The number of oxime groups is 1. The van der Waals surface area contributed by atoms with Gasteiger partial charge in [0.1, 0.15) is 0 Å². The van der Waals surface area contributed by atoms with Gasteiger partial charge < -0.3 is 15.8 Å². The first kappa shape index (κ1) is 12.1. The first-order chi connectivity index (χ1) is 6.15. The van der Waals surface area contributed by atoms with Gasteiger partial charge in [0.05, 0.1) is 12.3 Å². The molecule has 0 spiro atoms. The summed E-state index contributed by atoms with van der Waals surface area (Å²) in [5.41, 5.74) is 5.28. The van der Waals surface area contributed by atoms with E-state index in [4.69, 9.17) is 10.9 Å². The quantitative estimate of drug-likeness (QED) is 0.285. The minimum atomic E-state index is 0.00148. The van der Waals surface area contributed by atoms with Gasteiger partial charge in [-0.2, -0.15) is 11.8 Å². The highest BCUT2D eigenvalue weighted by molar-refractivity contribution is 7.99. The molecule has 0 aromatic carbocycles. The maximum absolute atomic E-state index is 11.3. The van der Waals surface area contributed by atoms with Crippen molar-refractivity contribution in [3.8, 4) is 0 Å². The number of thioether (sulfide) groups is 1. The fraction of sp³-hybridized carbons (Fsp3) is 0.714. The number of likely N-dealkylation sites (N-methyl/N-ethyl adjacent to an activating group) is 1. The van der Waals surface area contributed by atoms with E-state index in [0.717, 1.165) is 0 Å². The van der Waals surface area contributed by atoms with Gasteiger partial charge in [-0.1, -0.05) is 5.16 Å². The molecule has 0 atom stereocenters. The van der Waals surface area contributed by atoms with Crippen molar-refractivity contribution < 1.29 is 10.0 Å². The molecule has 0 aliphatic heterocycles. The molecule has 0 unspecified atom stereocenters. The van der Waals surface area contributed by atoms with Gasteiger partial charge in [-0.15, -0.1) is 0 Å². The summed E-state index contributed by atoms with van der Waals surface area (Å²) in [5, 5.41) is 11.1. The van der Waals surface area contributed by atoms with Crippen LogP contribution >= 0.6 is 11.8 Å². The highest BCUT2D eigenvalue weighted by atomic mass is 32.2. The molecule has 0 aromatic heterocycles. The number of hydrogen-bond donors (Lipinski definition) is 2. The predicted octanol–water partition coefficient (Wildman–Crippen LogP) is -0.0557. The molecule has 5 nitrogen and oxygen atoms in total. The van der Waals surface area contributed by atoms with E-state index in [1.54, 1.807) is 0 Å². The molecule has 0 heterocycles. The lowest BCUT2D eigenvalue weighted by molar-refractivity contribution is -0.127. The Morgan fingerprint density at radius 2 is 2.31 bits per heavy atom. The zero-order valence-corrected chi connectivity index (χ0v) is 8.67. The van der Waals surface area contributed by atoms with Crippen molar-refractivity contribution >= 4 is 23.5 Å². The summed E-state index contributed by atoms with van der Waals surface area (Å²) in [6.45, 7) is 2.60. The van der Waals surface area contributed by atoms with Crippen LogP contribution in [0.2, 0.25) is 0 Å². The highest BCUT2D eigenvalue weighted by Gasteiger charge is 2.11. The molecule has 0 aromatic rings. The third-order valence-electron chi connectivity index (χ3n) is 1.48. The van der Waals surface area contributed by atoms with Crippen LogP contribution in [0.3, 0.4) is 0 Å². The number of carbonyl (C=O) groups excluding carboxylic acids is 1. The molecule has 0 saturated heterocycles. The van der Waals surface area contributed by atoms with E-state index in [1.165, 1.54) is 16.7 Å². The molecule has 1 amide bonds. The summed E-state index contributed by atoms with van der Waals surface area (Å²) in [5.74, 6) is 0.477. The number of amides is 1. The number of carbonyl (C=O) groups is 1. The zero-order chi connectivity index (χ0) is 10.3. The Labute approximate surface area is 82.0 Å². The predicted molar refractivity (Wildman–Crippen MR) is 54.0 cm³/mol. The fourth-order valence-electron chi connectivity index (χ4n) is 0.818. The van der Waals surface area contributed by atoms with Gasteiger partial charge >= 0.3 is 0 Å². The van der Waals surface area contributed by atoms with Crippen molar-refractivity contribution in [3.63, 3.8) is 0 Å². The van der Waals surface area contributed by atoms with Crippen molar-refractivity contribution in [3.05, 3.63) is 0 Å². The molecule has 13 heavy (non-hydrogen) atoms. The molecular formula is C7H15N3O2S. The van der Waals surface area contributed by atoms with Crippen LogP contribution in [0.4, 0.5) is 0 Å². The molecule has 0 bridgehead atoms. The van der Waals surface area contributed by atoms with Gasteiger partial charge in [-0.3, -0.25) is 4.79 Å². The molecule has 0 aliphatic rings. The van der Waals surface area contributed by atoms with Crippen LogP contribution in [0.25, 0.3) is 0 Å². The number of nitrogens with zero attached hydrogens (tertiary/aromatic N) is 2. The molecule has 76 valence electrons. The molecule has 3 N–H and O–H groups in total. The average Bonchev–Trinajstić information content (AvgIpc) is 2.14. The van der Waals surface area contributed by atoms with Gasteiger partial charge in [0.2, 0.25) is 5.91 Å². The van der Waals surface area contributed by atoms with Gasteiger partial charge in [-0.05, 0) is 13.2 Å². The summed E-state index contributed by atoms with van der Waals surface area (Å²) in [6, 6.07) is 0. The zero-order valence-electron chi connectivity index (χ0n) is 7.86. The van der Waals surface area contributed by atoms with Crippen LogP contribution in [0.1, 0.15) is 6.92 Å². The minimum Gasteiger partial charge on any atom is -0.409 e. The normalized spacial score (nSPS) is 11.4. The van der Waals surface area contributed by atoms with Crippen molar-refractivity contribution in [2.75, 3.05) is 25.1 Å². The van der Waals surface area contributed by atoms with E-state index >= 15 is 0 Å². The fourth-order valence-corrected chi connectivity index (χ4v) is 1.25. The smallest absolute Gasteiger partial charge is 0.232 e. The average molecular weight is 205 g/mol. The van der Waals surface area contributed by atoms with E-state index in [0.29, 0.717) is 12.3 Å². The molecular weight excluding hydrogens is 190 g/mol. The maximum Gasteiger partial charge on any atom is 0.232 e. The second-order valence-electron chi connectivity index (χ2n) is 2.43. The topological polar surface area (TPSA) is 78.9 Å².